The maximum atomic E-state index is 11.7. The number of H-pyrrole nitrogens is 2. The molecular weight excluding hydrogens is 312 g/mol. The van der Waals surface area contributed by atoms with Crippen molar-refractivity contribution in [3.8, 4) is 0 Å². The van der Waals surface area contributed by atoms with Crippen LogP contribution in [-0.2, 0) is 11.2 Å². The van der Waals surface area contributed by atoms with Gasteiger partial charge in [-0.25, -0.2) is 15.3 Å². The number of rotatable bonds is 6. The average Bonchev–Trinajstić information content (AvgIpc) is 2.54. The molecule has 0 fully saturated rings. The molecule has 9 heteroatoms. The number of carbonyl (C=O) groups is 1. The highest BCUT2D eigenvalue weighted by Crippen LogP contribution is 2.10. The number of aromatic nitrogens is 3. The van der Waals surface area contributed by atoms with Crippen molar-refractivity contribution in [2.75, 3.05) is 19.0 Å². The summed E-state index contributed by atoms with van der Waals surface area (Å²) in [5.74, 6) is -0.358. The number of nitrogens with one attached hydrogen (secondary N) is 3. The van der Waals surface area contributed by atoms with Crippen molar-refractivity contribution in [2.45, 2.75) is 12.8 Å². The van der Waals surface area contributed by atoms with Gasteiger partial charge in [-0.3, -0.25) is 14.6 Å². The third-order valence-corrected chi connectivity index (χ3v) is 3.18. The smallest absolute Gasteiger partial charge is 0.342 e. The minimum atomic E-state index is -0.682. The first-order valence-corrected chi connectivity index (χ1v) is 7.23. The number of benzene rings is 1. The highest BCUT2D eigenvalue weighted by molar-refractivity contribution is 5.82. The van der Waals surface area contributed by atoms with Gasteiger partial charge in [0.05, 0.1) is 6.21 Å². The number of aryl methyl sites for hydroxylation is 1. The molecule has 2 aromatic rings. The summed E-state index contributed by atoms with van der Waals surface area (Å²) in [7, 11) is 3.90. The molecule has 126 valence electrons. The lowest BCUT2D eigenvalue weighted by molar-refractivity contribution is -0.121. The molecular formula is C15H18N6O3. The van der Waals surface area contributed by atoms with E-state index in [0.29, 0.717) is 0 Å². The molecule has 1 aromatic heterocycles. The molecule has 0 radical (unpaired) electrons. The van der Waals surface area contributed by atoms with Gasteiger partial charge in [-0.1, -0.05) is 12.1 Å². The molecule has 0 aliphatic rings. The maximum Gasteiger partial charge on any atom is 0.342 e. The Balaban J connectivity index is 1.84. The van der Waals surface area contributed by atoms with E-state index < -0.39 is 11.2 Å². The van der Waals surface area contributed by atoms with E-state index in [1.54, 1.807) is 0 Å². The summed E-state index contributed by atoms with van der Waals surface area (Å²) in [5.41, 5.74) is 3.10. The Hall–Kier alpha value is -3.23. The van der Waals surface area contributed by atoms with Crippen LogP contribution in [0.4, 0.5) is 5.69 Å². The summed E-state index contributed by atoms with van der Waals surface area (Å²) in [4.78, 5) is 38.0. The van der Waals surface area contributed by atoms with Gasteiger partial charge in [0.1, 0.15) is 5.69 Å². The third kappa shape index (κ3) is 4.90. The summed E-state index contributed by atoms with van der Waals surface area (Å²) in [6.45, 7) is 0. The van der Waals surface area contributed by atoms with Crippen molar-refractivity contribution in [1.82, 2.24) is 20.6 Å². The molecule has 0 aliphatic carbocycles. The van der Waals surface area contributed by atoms with E-state index in [-0.39, 0.29) is 24.4 Å². The van der Waals surface area contributed by atoms with E-state index >= 15 is 0 Å². The second-order valence-electron chi connectivity index (χ2n) is 5.23. The van der Waals surface area contributed by atoms with Crippen LogP contribution in [0.1, 0.15) is 17.7 Å². The number of hydrogen-bond donors (Lipinski definition) is 3. The third-order valence-electron chi connectivity index (χ3n) is 3.18. The van der Waals surface area contributed by atoms with Crippen molar-refractivity contribution >= 4 is 17.8 Å². The van der Waals surface area contributed by atoms with Crippen LogP contribution in [0.5, 0.6) is 0 Å². The first kappa shape index (κ1) is 17.1. The number of aromatic amines is 2. The summed E-state index contributed by atoms with van der Waals surface area (Å²) in [6, 6.07) is 7.65. The van der Waals surface area contributed by atoms with Crippen LogP contribution in [0.3, 0.4) is 0 Å². The molecule has 9 nitrogen and oxygen atoms in total. The van der Waals surface area contributed by atoms with Crippen LogP contribution in [-0.4, -0.2) is 41.4 Å². The van der Waals surface area contributed by atoms with Crippen LogP contribution >= 0.6 is 0 Å². The largest absolute Gasteiger partial charge is 0.378 e. The highest BCUT2D eigenvalue weighted by Gasteiger charge is 2.06. The molecule has 0 saturated heterocycles. The van der Waals surface area contributed by atoms with Gasteiger partial charge in [0.15, 0.2) is 0 Å². The molecule has 1 amide bonds. The molecule has 0 spiro atoms. The number of nitrogens with zero attached hydrogens (tertiary/aromatic N) is 3. The first-order chi connectivity index (χ1) is 11.5. The lowest BCUT2D eigenvalue weighted by Gasteiger charge is -2.11. The van der Waals surface area contributed by atoms with E-state index in [4.69, 9.17) is 0 Å². The number of carbonyl (C=O) groups excluding carboxylic acids is 1. The lowest BCUT2D eigenvalue weighted by atomic mass is 10.2. The zero-order valence-corrected chi connectivity index (χ0v) is 13.4. The van der Waals surface area contributed by atoms with Crippen molar-refractivity contribution < 1.29 is 4.79 Å². The van der Waals surface area contributed by atoms with Crippen LogP contribution in [0.15, 0.2) is 39.0 Å². The minimum absolute atomic E-state index is 0.0268. The Morgan fingerprint density at radius 3 is 2.62 bits per heavy atom. The SMILES string of the molecule is CN(C)c1ccc(C=NNC(=O)CCc2n[nH]c(=O)[nH]c2=O)cc1. The zero-order chi connectivity index (χ0) is 17.5. The van der Waals surface area contributed by atoms with Gasteiger partial charge in [0, 0.05) is 32.6 Å². The topological polar surface area (TPSA) is 123 Å². The molecule has 1 aromatic carbocycles. The molecule has 0 saturated carbocycles. The fourth-order valence-electron chi connectivity index (χ4n) is 1.87. The van der Waals surface area contributed by atoms with Crippen molar-refractivity contribution in [1.29, 1.82) is 0 Å². The van der Waals surface area contributed by atoms with Gasteiger partial charge < -0.3 is 4.90 Å². The normalized spacial score (nSPS) is 10.8. The van der Waals surface area contributed by atoms with Crippen LogP contribution in [0, 0.1) is 0 Å². The van der Waals surface area contributed by atoms with Gasteiger partial charge in [-0.15, -0.1) is 0 Å². The van der Waals surface area contributed by atoms with E-state index in [2.05, 4.69) is 20.7 Å². The fourth-order valence-corrected chi connectivity index (χ4v) is 1.87. The average molecular weight is 330 g/mol. The maximum absolute atomic E-state index is 11.7. The summed E-state index contributed by atoms with van der Waals surface area (Å²) >= 11 is 0. The highest BCUT2D eigenvalue weighted by atomic mass is 16.2. The Morgan fingerprint density at radius 2 is 2.00 bits per heavy atom. The van der Waals surface area contributed by atoms with Crippen molar-refractivity contribution in [3.05, 3.63) is 56.4 Å². The van der Waals surface area contributed by atoms with Gasteiger partial charge in [-0.2, -0.15) is 10.2 Å². The number of hydrazone groups is 1. The van der Waals surface area contributed by atoms with Crippen LogP contribution in [0.2, 0.25) is 0 Å². The lowest BCUT2D eigenvalue weighted by Crippen LogP contribution is -2.28. The van der Waals surface area contributed by atoms with Gasteiger partial charge >= 0.3 is 5.69 Å². The number of amides is 1. The predicted molar refractivity (Wildman–Crippen MR) is 90.3 cm³/mol. The molecule has 0 unspecified atom stereocenters. The molecule has 24 heavy (non-hydrogen) atoms. The second kappa shape index (κ2) is 7.86. The Labute approximate surface area is 137 Å². The summed E-state index contributed by atoms with van der Waals surface area (Å²) in [5, 5.41) is 9.57. The molecule has 0 bridgehead atoms. The summed E-state index contributed by atoms with van der Waals surface area (Å²) in [6.07, 6.45) is 1.66. The van der Waals surface area contributed by atoms with Gasteiger partial charge in [0.2, 0.25) is 5.91 Å². The van der Waals surface area contributed by atoms with E-state index in [9.17, 15) is 14.4 Å². The molecule has 2 rings (SSSR count). The van der Waals surface area contributed by atoms with E-state index in [0.717, 1.165) is 11.3 Å². The standard InChI is InChI=1S/C15H18N6O3/c1-21(2)11-5-3-10(4-6-11)9-16-19-13(22)8-7-12-14(23)17-15(24)20-18-12/h3-6,9H,7-8H2,1-2H3,(H,19,22)(H2,17,20,23,24). The Morgan fingerprint density at radius 1 is 1.29 bits per heavy atom. The van der Waals surface area contributed by atoms with Gasteiger partial charge in [-0.05, 0) is 17.7 Å². The molecule has 0 aliphatic heterocycles. The van der Waals surface area contributed by atoms with Crippen LogP contribution in [0.25, 0.3) is 0 Å². The fraction of sp³-hybridized carbons (Fsp3) is 0.267. The predicted octanol–water partition coefficient (Wildman–Crippen LogP) is -0.393. The van der Waals surface area contributed by atoms with Crippen molar-refractivity contribution in [2.24, 2.45) is 5.10 Å². The van der Waals surface area contributed by atoms with Crippen molar-refractivity contribution in [3.63, 3.8) is 0 Å². The van der Waals surface area contributed by atoms with E-state index in [1.807, 2.05) is 48.2 Å². The minimum Gasteiger partial charge on any atom is -0.378 e. The number of hydrogen-bond acceptors (Lipinski definition) is 6. The molecule has 0 atom stereocenters. The van der Waals surface area contributed by atoms with Crippen LogP contribution < -0.4 is 21.6 Å². The monoisotopic (exact) mass is 330 g/mol. The summed E-state index contributed by atoms with van der Waals surface area (Å²) < 4.78 is 0. The molecule has 3 N–H and O–H groups in total. The second-order valence-corrected chi connectivity index (χ2v) is 5.23. The quantitative estimate of drug-likeness (QED) is 0.491. The first-order valence-electron chi connectivity index (χ1n) is 7.23. The Bertz CT molecular complexity index is 835. The molecule has 1 heterocycles. The Kier molecular flexibility index (Phi) is 5.61. The number of anilines is 1. The zero-order valence-electron chi connectivity index (χ0n) is 13.4. The van der Waals surface area contributed by atoms with E-state index in [1.165, 1.54) is 6.21 Å². The van der Waals surface area contributed by atoms with Gasteiger partial charge in [0.25, 0.3) is 5.56 Å².